The summed E-state index contributed by atoms with van der Waals surface area (Å²) >= 11 is 0. The summed E-state index contributed by atoms with van der Waals surface area (Å²) in [7, 11) is 0. The fraction of sp³-hybridized carbons (Fsp3) is 0.389. The van der Waals surface area contributed by atoms with E-state index in [0.717, 1.165) is 12.8 Å². The first-order chi connectivity index (χ1) is 11.7. The molecule has 0 atom stereocenters. The third kappa shape index (κ3) is 4.28. The summed E-state index contributed by atoms with van der Waals surface area (Å²) in [6.07, 6.45) is 6.56. The van der Waals surface area contributed by atoms with Gasteiger partial charge in [-0.25, -0.2) is 14.4 Å². The lowest BCUT2D eigenvalue weighted by atomic mass is 10.1. The highest BCUT2D eigenvalue weighted by molar-refractivity contribution is 5.92. The predicted octanol–water partition coefficient (Wildman–Crippen LogP) is 2.94. The van der Waals surface area contributed by atoms with Crippen molar-refractivity contribution in [2.45, 2.75) is 38.1 Å². The Labute approximate surface area is 140 Å². The second-order valence-electron chi connectivity index (χ2n) is 6.01. The summed E-state index contributed by atoms with van der Waals surface area (Å²) in [6, 6.07) is 8.66. The molecule has 6 heteroatoms. The minimum atomic E-state index is -0.275. The molecule has 1 aliphatic carbocycles. The van der Waals surface area contributed by atoms with Gasteiger partial charge in [-0.2, -0.15) is 0 Å². The summed E-state index contributed by atoms with van der Waals surface area (Å²) < 4.78 is 13.5. The van der Waals surface area contributed by atoms with Crippen LogP contribution in [-0.2, 0) is 6.42 Å². The molecule has 5 nitrogen and oxygen atoms in total. The van der Waals surface area contributed by atoms with E-state index in [4.69, 9.17) is 0 Å². The van der Waals surface area contributed by atoms with Crippen LogP contribution in [0.15, 0.2) is 36.7 Å². The predicted molar refractivity (Wildman–Crippen MR) is 90.3 cm³/mol. The molecule has 0 spiro atoms. The first-order valence-electron chi connectivity index (χ1n) is 8.32. The Morgan fingerprint density at radius 2 is 2.00 bits per heavy atom. The molecule has 2 aromatic rings. The fourth-order valence-electron chi connectivity index (χ4n) is 2.94. The van der Waals surface area contributed by atoms with Crippen LogP contribution < -0.4 is 10.6 Å². The maximum absolute atomic E-state index is 13.5. The van der Waals surface area contributed by atoms with Gasteiger partial charge >= 0.3 is 0 Å². The number of carbonyl (C=O) groups is 1. The lowest BCUT2D eigenvalue weighted by molar-refractivity contribution is 0.0949. The number of hydrogen-bond donors (Lipinski definition) is 2. The van der Waals surface area contributed by atoms with E-state index in [1.807, 2.05) is 0 Å². The van der Waals surface area contributed by atoms with Crippen LogP contribution in [0.4, 0.5) is 10.2 Å². The summed E-state index contributed by atoms with van der Waals surface area (Å²) in [5, 5.41) is 6.12. The van der Waals surface area contributed by atoms with Crippen LogP contribution in [-0.4, -0.2) is 28.5 Å². The molecular weight excluding hydrogens is 307 g/mol. The van der Waals surface area contributed by atoms with Gasteiger partial charge in [-0.05, 0) is 30.9 Å². The van der Waals surface area contributed by atoms with Gasteiger partial charge in [0.25, 0.3) is 5.91 Å². The minimum absolute atomic E-state index is 0.253. The summed E-state index contributed by atoms with van der Waals surface area (Å²) in [5.41, 5.74) is 0.906. The third-order valence-electron chi connectivity index (χ3n) is 4.24. The third-order valence-corrected chi connectivity index (χ3v) is 4.24. The highest BCUT2D eigenvalue weighted by Crippen LogP contribution is 2.21. The van der Waals surface area contributed by atoms with E-state index in [0.29, 0.717) is 36.1 Å². The van der Waals surface area contributed by atoms with Crippen LogP contribution in [0.25, 0.3) is 0 Å². The maximum Gasteiger partial charge on any atom is 0.270 e. The number of anilines is 1. The molecule has 3 rings (SSSR count). The first kappa shape index (κ1) is 16.4. The van der Waals surface area contributed by atoms with Crippen molar-refractivity contribution >= 4 is 11.7 Å². The van der Waals surface area contributed by atoms with E-state index in [1.54, 1.807) is 24.3 Å². The van der Waals surface area contributed by atoms with Gasteiger partial charge in [0.1, 0.15) is 23.7 Å². The quantitative estimate of drug-likeness (QED) is 0.855. The number of carbonyl (C=O) groups excluding carboxylic acids is 1. The summed E-state index contributed by atoms with van der Waals surface area (Å²) in [6.45, 7) is 0.356. The molecule has 2 N–H and O–H groups in total. The van der Waals surface area contributed by atoms with E-state index in [-0.39, 0.29) is 11.7 Å². The van der Waals surface area contributed by atoms with Gasteiger partial charge in [-0.3, -0.25) is 4.79 Å². The minimum Gasteiger partial charge on any atom is -0.367 e. The lowest BCUT2D eigenvalue weighted by Gasteiger charge is -2.12. The highest BCUT2D eigenvalue weighted by Gasteiger charge is 2.16. The highest BCUT2D eigenvalue weighted by atomic mass is 19.1. The van der Waals surface area contributed by atoms with E-state index in [2.05, 4.69) is 20.6 Å². The molecule has 1 amide bonds. The van der Waals surface area contributed by atoms with Crippen molar-refractivity contribution in [1.82, 2.24) is 15.3 Å². The second kappa shape index (κ2) is 7.86. The molecule has 0 bridgehead atoms. The Morgan fingerprint density at radius 3 is 2.79 bits per heavy atom. The van der Waals surface area contributed by atoms with Crippen LogP contribution in [0.3, 0.4) is 0 Å². The molecule has 1 aromatic carbocycles. The van der Waals surface area contributed by atoms with E-state index < -0.39 is 0 Å². The molecule has 1 heterocycles. The number of nitrogens with one attached hydrogen (secondary N) is 2. The van der Waals surface area contributed by atoms with Crippen molar-refractivity contribution in [2.75, 3.05) is 11.9 Å². The van der Waals surface area contributed by atoms with Crippen molar-refractivity contribution in [3.8, 4) is 0 Å². The van der Waals surface area contributed by atoms with Gasteiger partial charge in [0.15, 0.2) is 0 Å². The number of halogens is 1. The van der Waals surface area contributed by atoms with Crippen molar-refractivity contribution in [2.24, 2.45) is 0 Å². The smallest absolute Gasteiger partial charge is 0.270 e. The van der Waals surface area contributed by atoms with Crippen molar-refractivity contribution < 1.29 is 9.18 Å². The number of benzene rings is 1. The Balaban J connectivity index is 1.53. The molecule has 1 fully saturated rings. The van der Waals surface area contributed by atoms with Crippen LogP contribution in [0.5, 0.6) is 0 Å². The van der Waals surface area contributed by atoms with E-state index in [1.165, 1.54) is 25.2 Å². The zero-order chi connectivity index (χ0) is 16.8. The Hall–Kier alpha value is -2.50. The Kier molecular flexibility index (Phi) is 5.36. The molecule has 0 aliphatic heterocycles. The molecule has 24 heavy (non-hydrogen) atoms. The molecule has 1 saturated carbocycles. The largest absolute Gasteiger partial charge is 0.367 e. The number of nitrogens with zero attached hydrogens (tertiary/aromatic N) is 2. The van der Waals surface area contributed by atoms with E-state index in [9.17, 15) is 9.18 Å². The zero-order valence-corrected chi connectivity index (χ0v) is 13.5. The Bertz CT molecular complexity index is 701. The molecule has 0 saturated heterocycles. The molecule has 1 aliphatic rings. The normalized spacial score (nSPS) is 14.5. The lowest BCUT2D eigenvalue weighted by Crippen LogP contribution is -2.27. The summed E-state index contributed by atoms with van der Waals surface area (Å²) in [5.74, 6) is 0.149. The zero-order valence-electron chi connectivity index (χ0n) is 13.5. The van der Waals surface area contributed by atoms with Crippen LogP contribution in [0.1, 0.15) is 41.7 Å². The number of hydrogen-bond acceptors (Lipinski definition) is 4. The molecular formula is C18H21FN4O. The Morgan fingerprint density at radius 1 is 1.21 bits per heavy atom. The van der Waals surface area contributed by atoms with Gasteiger partial charge in [-0.15, -0.1) is 0 Å². The fourth-order valence-corrected chi connectivity index (χ4v) is 2.94. The average Bonchev–Trinajstić information content (AvgIpc) is 3.10. The van der Waals surface area contributed by atoms with Gasteiger partial charge < -0.3 is 10.6 Å². The van der Waals surface area contributed by atoms with Crippen molar-refractivity contribution in [3.63, 3.8) is 0 Å². The van der Waals surface area contributed by atoms with Crippen LogP contribution in [0.2, 0.25) is 0 Å². The summed E-state index contributed by atoms with van der Waals surface area (Å²) in [4.78, 5) is 20.4. The van der Waals surface area contributed by atoms with Crippen LogP contribution in [0, 0.1) is 5.82 Å². The van der Waals surface area contributed by atoms with Gasteiger partial charge in [0.2, 0.25) is 0 Å². The van der Waals surface area contributed by atoms with Gasteiger partial charge in [-0.1, -0.05) is 31.0 Å². The topological polar surface area (TPSA) is 66.9 Å². The molecule has 126 valence electrons. The average molecular weight is 328 g/mol. The molecule has 1 aromatic heterocycles. The molecule has 0 radical (unpaired) electrons. The standard InChI is InChI=1S/C18H21FN4O/c19-15-8-4-1-5-13(15)9-10-20-18(24)16-11-17(22-12-21-16)23-14-6-2-3-7-14/h1,4-5,8,11-12,14H,2-3,6-7,9-10H2,(H,20,24)(H,21,22,23). The number of rotatable bonds is 6. The van der Waals surface area contributed by atoms with Gasteiger partial charge in [0.05, 0.1) is 0 Å². The number of aromatic nitrogens is 2. The monoisotopic (exact) mass is 328 g/mol. The van der Waals surface area contributed by atoms with Crippen molar-refractivity contribution in [1.29, 1.82) is 0 Å². The van der Waals surface area contributed by atoms with Gasteiger partial charge in [0, 0.05) is 18.7 Å². The second-order valence-corrected chi connectivity index (χ2v) is 6.01. The van der Waals surface area contributed by atoms with Crippen molar-refractivity contribution in [3.05, 3.63) is 53.7 Å². The first-order valence-corrected chi connectivity index (χ1v) is 8.32. The number of amides is 1. The van der Waals surface area contributed by atoms with Crippen LogP contribution >= 0.6 is 0 Å². The SMILES string of the molecule is O=C(NCCc1ccccc1F)c1cc(NC2CCCC2)ncn1. The van der Waals surface area contributed by atoms with E-state index >= 15 is 0 Å². The molecule has 0 unspecified atom stereocenters. The maximum atomic E-state index is 13.5.